The largest absolute Gasteiger partial charge is 0.384 e. The topological polar surface area (TPSA) is 70.7 Å². The molecule has 1 aromatic heterocycles. The summed E-state index contributed by atoms with van der Waals surface area (Å²) in [6.07, 6.45) is 4.02. The van der Waals surface area contributed by atoms with Crippen molar-refractivity contribution in [2.45, 2.75) is 32.1 Å². The van der Waals surface area contributed by atoms with Gasteiger partial charge in [-0.25, -0.2) is 0 Å². The number of nitrogens with zero attached hydrogens (tertiary/aromatic N) is 1. The number of thiophene rings is 1. The summed E-state index contributed by atoms with van der Waals surface area (Å²) in [6, 6.07) is 4.13. The summed E-state index contributed by atoms with van der Waals surface area (Å²) in [5.74, 6) is 0.360. The van der Waals surface area contributed by atoms with Crippen molar-refractivity contribution < 1.29 is 14.3 Å². The average molecular weight is 394 g/mol. The van der Waals surface area contributed by atoms with Crippen LogP contribution in [0.5, 0.6) is 0 Å². The normalized spacial score (nSPS) is 20.4. The third-order valence-corrected chi connectivity index (χ3v) is 6.77. The van der Waals surface area contributed by atoms with E-state index in [2.05, 4.69) is 22.1 Å². The number of piperidine rings is 2. The van der Waals surface area contributed by atoms with Crippen LogP contribution in [0.4, 0.5) is 0 Å². The zero-order valence-electron chi connectivity index (χ0n) is 16.2. The van der Waals surface area contributed by atoms with E-state index in [1.54, 1.807) is 18.4 Å². The number of ether oxygens (including phenoxy) is 1. The van der Waals surface area contributed by atoms with Crippen molar-refractivity contribution in [2.24, 2.45) is 11.3 Å². The fraction of sp³-hybridized carbons (Fsp3) is 0.700. The molecule has 3 rings (SSSR count). The molecule has 0 aliphatic carbocycles. The Balaban J connectivity index is 1.45. The molecular weight excluding hydrogens is 362 g/mol. The Hall–Kier alpha value is -1.44. The van der Waals surface area contributed by atoms with Gasteiger partial charge in [-0.1, -0.05) is 6.07 Å². The number of hydrogen-bond donors (Lipinski definition) is 2. The molecule has 0 atom stereocenters. The second kappa shape index (κ2) is 9.66. The highest BCUT2D eigenvalue weighted by Gasteiger charge is 2.43. The molecule has 1 aromatic rings. The number of amides is 2. The zero-order chi connectivity index (χ0) is 19.1. The Labute approximate surface area is 165 Å². The fourth-order valence-corrected chi connectivity index (χ4v) is 4.90. The molecule has 0 spiro atoms. The molecule has 0 unspecified atom stereocenters. The summed E-state index contributed by atoms with van der Waals surface area (Å²) in [7, 11) is 1.67. The second-order valence-corrected chi connectivity index (χ2v) is 8.68. The van der Waals surface area contributed by atoms with E-state index in [0.717, 1.165) is 45.2 Å². The van der Waals surface area contributed by atoms with Gasteiger partial charge in [0.05, 0.1) is 12.0 Å². The van der Waals surface area contributed by atoms with Gasteiger partial charge in [0, 0.05) is 37.5 Å². The van der Waals surface area contributed by atoms with Crippen LogP contribution in [-0.4, -0.2) is 63.2 Å². The molecular formula is C20H31N3O3S. The van der Waals surface area contributed by atoms with E-state index in [4.69, 9.17) is 4.74 Å². The number of carbonyl (C=O) groups is 2. The van der Waals surface area contributed by atoms with E-state index < -0.39 is 5.41 Å². The summed E-state index contributed by atoms with van der Waals surface area (Å²) in [4.78, 5) is 28.8. The maximum atomic E-state index is 13.2. The smallest absolute Gasteiger partial charge is 0.231 e. The SMILES string of the molecule is COCC1(C(=O)N2CCC(C(=O)NCCc3cccs3)CC2)CCNCC1. The molecule has 0 aromatic carbocycles. The number of likely N-dealkylation sites (tertiary alicyclic amines) is 1. The molecule has 27 heavy (non-hydrogen) atoms. The van der Waals surface area contributed by atoms with E-state index >= 15 is 0 Å². The summed E-state index contributed by atoms with van der Waals surface area (Å²) >= 11 is 1.72. The number of carbonyl (C=O) groups excluding carboxylic acids is 2. The lowest BCUT2D eigenvalue weighted by Crippen LogP contribution is -2.54. The Morgan fingerprint density at radius 1 is 1.33 bits per heavy atom. The van der Waals surface area contributed by atoms with Crippen LogP contribution in [0.15, 0.2) is 17.5 Å². The minimum absolute atomic E-state index is 0.0174. The van der Waals surface area contributed by atoms with E-state index in [9.17, 15) is 9.59 Å². The fourth-order valence-electron chi connectivity index (χ4n) is 4.19. The van der Waals surface area contributed by atoms with Crippen LogP contribution < -0.4 is 10.6 Å². The van der Waals surface area contributed by atoms with Crippen molar-refractivity contribution in [1.29, 1.82) is 0 Å². The molecule has 7 heteroatoms. The van der Waals surface area contributed by atoms with Crippen LogP contribution >= 0.6 is 11.3 Å². The minimum atomic E-state index is -0.393. The Bertz CT molecular complexity index is 600. The van der Waals surface area contributed by atoms with Crippen molar-refractivity contribution in [2.75, 3.05) is 46.4 Å². The highest BCUT2D eigenvalue weighted by Crippen LogP contribution is 2.33. The number of rotatable bonds is 7. The summed E-state index contributed by atoms with van der Waals surface area (Å²) in [6.45, 7) is 4.22. The van der Waals surface area contributed by atoms with Crippen molar-refractivity contribution in [3.8, 4) is 0 Å². The van der Waals surface area contributed by atoms with Crippen LogP contribution in [-0.2, 0) is 20.7 Å². The first kappa shape index (κ1) is 20.3. The van der Waals surface area contributed by atoms with Gasteiger partial charge in [-0.05, 0) is 56.6 Å². The molecule has 2 aliphatic rings. The Morgan fingerprint density at radius 3 is 2.70 bits per heavy atom. The van der Waals surface area contributed by atoms with Gasteiger partial charge in [0.15, 0.2) is 0 Å². The summed E-state index contributed by atoms with van der Waals surface area (Å²) in [5.41, 5.74) is -0.393. The minimum Gasteiger partial charge on any atom is -0.384 e. The average Bonchev–Trinajstić information content (AvgIpc) is 3.22. The van der Waals surface area contributed by atoms with E-state index in [-0.39, 0.29) is 17.7 Å². The lowest BCUT2D eigenvalue weighted by atomic mass is 9.77. The number of methoxy groups -OCH3 is 1. The molecule has 2 saturated heterocycles. The van der Waals surface area contributed by atoms with Crippen molar-refractivity contribution in [3.63, 3.8) is 0 Å². The van der Waals surface area contributed by atoms with Gasteiger partial charge in [0.2, 0.25) is 11.8 Å². The lowest BCUT2D eigenvalue weighted by Gasteiger charge is -2.41. The molecule has 0 bridgehead atoms. The van der Waals surface area contributed by atoms with Gasteiger partial charge >= 0.3 is 0 Å². The van der Waals surface area contributed by atoms with E-state index in [1.807, 2.05) is 11.0 Å². The van der Waals surface area contributed by atoms with Crippen molar-refractivity contribution in [1.82, 2.24) is 15.5 Å². The highest BCUT2D eigenvalue weighted by atomic mass is 32.1. The monoisotopic (exact) mass is 393 g/mol. The molecule has 2 fully saturated rings. The molecule has 2 N–H and O–H groups in total. The molecule has 6 nitrogen and oxygen atoms in total. The third kappa shape index (κ3) is 5.09. The second-order valence-electron chi connectivity index (χ2n) is 7.65. The van der Waals surface area contributed by atoms with Gasteiger partial charge in [-0.3, -0.25) is 9.59 Å². The molecule has 3 heterocycles. The molecule has 2 amide bonds. The highest BCUT2D eigenvalue weighted by molar-refractivity contribution is 7.09. The van der Waals surface area contributed by atoms with Crippen LogP contribution in [0.2, 0.25) is 0 Å². The van der Waals surface area contributed by atoms with Crippen molar-refractivity contribution in [3.05, 3.63) is 22.4 Å². The molecule has 150 valence electrons. The number of hydrogen-bond acceptors (Lipinski definition) is 5. The van der Waals surface area contributed by atoms with Gasteiger partial charge in [0.25, 0.3) is 0 Å². The third-order valence-electron chi connectivity index (χ3n) is 5.84. The van der Waals surface area contributed by atoms with E-state index in [0.29, 0.717) is 26.2 Å². The van der Waals surface area contributed by atoms with Gasteiger partial charge in [0.1, 0.15) is 0 Å². The first-order valence-electron chi connectivity index (χ1n) is 9.94. The summed E-state index contributed by atoms with van der Waals surface area (Å²) in [5, 5.41) is 8.45. The van der Waals surface area contributed by atoms with Crippen molar-refractivity contribution >= 4 is 23.2 Å². The first-order chi connectivity index (χ1) is 13.1. The summed E-state index contributed by atoms with van der Waals surface area (Å²) < 4.78 is 5.39. The van der Waals surface area contributed by atoms with Crippen LogP contribution in [0.25, 0.3) is 0 Å². The predicted octanol–water partition coefficient (Wildman–Crippen LogP) is 1.66. The lowest BCUT2D eigenvalue weighted by molar-refractivity contribution is -0.150. The Morgan fingerprint density at radius 2 is 2.07 bits per heavy atom. The Kier molecular flexibility index (Phi) is 7.26. The zero-order valence-corrected chi connectivity index (χ0v) is 17.0. The quantitative estimate of drug-likeness (QED) is 0.739. The standard InChI is InChI=1S/C20H31N3O3S/c1-26-15-20(7-10-21-11-8-20)19(25)23-12-5-16(6-13-23)18(24)22-9-4-17-3-2-14-27-17/h2-3,14,16,21H,4-13,15H2,1H3,(H,22,24). The molecule has 2 aliphatic heterocycles. The predicted molar refractivity (Wildman–Crippen MR) is 107 cm³/mol. The van der Waals surface area contributed by atoms with Crippen LogP contribution in [0.1, 0.15) is 30.6 Å². The van der Waals surface area contributed by atoms with Crippen LogP contribution in [0.3, 0.4) is 0 Å². The van der Waals surface area contributed by atoms with Crippen LogP contribution in [0, 0.1) is 11.3 Å². The van der Waals surface area contributed by atoms with Gasteiger partial charge in [-0.15, -0.1) is 11.3 Å². The maximum Gasteiger partial charge on any atom is 0.231 e. The van der Waals surface area contributed by atoms with Gasteiger partial charge < -0.3 is 20.3 Å². The van der Waals surface area contributed by atoms with E-state index in [1.165, 1.54) is 4.88 Å². The molecule has 0 radical (unpaired) electrons. The number of nitrogens with one attached hydrogen (secondary N) is 2. The maximum absolute atomic E-state index is 13.2. The van der Waals surface area contributed by atoms with Gasteiger partial charge in [-0.2, -0.15) is 0 Å². The first-order valence-corrected chi connectivity index (χ1v) is 10.8. The molecule has 0 saturated carbocycles.